The summed E-state index contributed by atoms with van der Waals surface area (Å²) in [6.07, 6.45) is 0. The Labute approximate surface area is 435 Å². The van der Waals surface area contributed by atoms with Gasteiger partial charge in [-0.05, 0) is 121 Å². The second-order valence-electron chi connectivity index (χ2n) is 21.1. The molecule has 75 heavy (non-hydrogen) atoms. The molecule has 12 aromatic carbocycles. The fourth-order valence-corrected chi connectivity index (χ4v) is 13.4. The molecule has 0 saturated carbocycles. The lowest BCUT2D eigenvalue weighted by Crippen LogP contribution is -2.32. The molecule has 16 rings (SSSR count). The number of benzene rings is 12. The Balaban J connectivity index is 0.848. The first-order valence-corrected chi connectivity index (χ1v) is 26.1. The first-order valence-electron chi connectivity index (χ1n) is 26.1. The molecule has 13 aromatic rings. The smallest absolute Gasteiger partial charge is 0.143 e. The highest BCUT2D eigenvalue weighted by Gasteiger charge is 2.52. The minimum Gasteiger partial charge on any atom is -0.455 e. The average molecular weight is 958 g/mol. The van der Waals surface area contributed by atoms with Gasteiger partial charge < -0.3 is 14.1 Å². The summed E-state index contributed by atoms with van der Waals surface area (Å²) >= 11 is 0. The number of hydrogen-bond donors (Lipinski definition) is 0. The van der Waals surface area contributed by atoms with Crippen LogP contribution >= 0.6 is 0 Å². The monoisotopic (exact) mass is 957 g/mol. The van der Waals surface area contributed by atoms with Crippen LogP contribution in [0.5, 0.6) is 11.5 Å². The Hall–Kier alpha value is -9.44. The van der Waals surface area contributed by atoms with Crippen LogP contribution in [0.1, 0.15) is 47.2 Å². The Kier molecular flexibility index (Phi) is 8.72. The molecule has 0 fully saturated rings. The van der Waals surface area contributed by atoms with Crippen LogP contribution in [0.3, 0.4) is 0 Å². The van der Waals surface area contributed by atoms with E-state index in [0.717, 1.165) is 94.3 Å². The zero-order valence-corrected chi connectivity index (χ0v) is 41.4. The Morgan fingerprint density at radius 3 is 1.53 bits per heavy atom. The van der Waals surface area contributed by atoms with Gasteiger partial charge in [0.15, 0.2) is 0 Å². The number of ether oxygens (including phenoxy) is 1. The molecular formula is C72H47NO2. The summed E-state index contributed by atoms with van der Waals surface area (Å²) < 4.78 is 13.8. The summed E-state index contributed by atoms with van der Waals surface area (Å²) in [5, 5.41) is 6.82. The van der Waals surface area contributed by atoms with E-state index in [4.69, 9.17) is 9.15 Å². The maximum atomic E-state index is 7.24. The van der Waals surface area contributed by atoms with E-state index in [9.17, 15) is 0 Å². The standard InChI is InChI=1S/C72H47NO2/c1-71(2)61-23-10-7-18-55(61)57-39-37-51(43-65(57)71)73(50-35-28-47(29-36-50)52-21-13-22-60-59-20-9-12-25-67(59)74-68(52)60)49-33-26-44(27-34-49)48-30-38-58-56-19-8-11-24-62(56)72(66(58)42-48)63-40-31-45-14-3-5-16-53(45)69(63)75-70-54-17-6-4-15-46(54)32-41-64(70)72/h3-43H,1-2H3. The van der Waals surface area contributed by atoms with Crippen molar-refractivity contribution in [1.82, 2.24) is 0 Å². The average Bonchev–Trinajstić information content (AvgIpc) is 4.27. The summed E-state index contributed by atoms with van der Waals surface area (Å²) in [7, 11) is 0. The van der Waals surface area contributed by atoms with Crippen molar-refractivity contribution in [2.75, 3.05) is 4.90 Å². The highest BCUT2D eigenvalue weighted by atomic mass is 16.5. The lowest BCUT2D eigenvalue weighted by atomic mass is 9.65. The van der Waals surface area contributed by atoms with Gasteiger partial charge >= 0.3 is 0 Å². The van der Waals surface area contributed by atoms with Crippen molar-refractivity contribution < 1.29 is 9.15 Å². The minimum absolute atomic E-state index is 0.150. The van der Waals surface area contributed by atoms with Crippen molar-refractivity contribution in [3.8, 4) is 56.0 Å². The Morgan fingerprint density at radius 2 is 0.827 bits per heavy atom. The largest absolute Gasteiger partial charge is 0.455 e. The van der Waals surface area contributed by atoms with E-state index < -0.39 is 5.41 Å². The van der Waals surface area contributed by atoms with Crippen molar-refractivity contribution in [1.29, 1.82) is 0 Å². The van der Waals surface area contributed by atoms with E-state index >= 15 is 0 Å². The van der Waals surface area contributed by atoms with Crippen molar-refractivity contribution in [3.63, 3.8) is 0 Å². The fourth-order valence-electron chi connectivity index (χ4n) is 13.4. The van der Waals surface area contributed by atoms with Crippen LogP contribution in [0, 0.1) is 0 Å². The van der Waals surface area contributed by atoms with E-state index in [1.807, 2.05) is 6.07 Å². The van der Waals surface area contributed by atoms with Gasteiger partial charge in [0.25, 0.3) is 0 Å². The zero-order valence-electron chi connectivity index (χ0n) is 41.4. The molecule has 0 bridgehead atoms. The molecule has 1 aliphatic heterocycles. The van der Waals surface area contributed by atoms with Gasteiger partial charge in [-0.25, -0.2) is 0 Å². The summed E-state index contributed by atoms with van der Waals surface area (Å²) in [4.78, 5) is 2.41. The van der Waals surface area contributed by atoms with Gasteiger partial charge in [0.2, 0.25) is 0 Å². The molecule has 0 radical (unpaired) electrons. The molecule has 0 atom stereocenters. The fraction of sp³-hybridized carbons (Fsp3) is 0.0556. The number of anilines is 3. The second-order valence-corrected chi connectivity index (χ2v) is 21.1. The third-order valence-corrected chi connectivity index (χ3v) is 16.9. The molecule has 352 valence electrons. The molecule has 0 unspecified atom stereocenters. The SMILES string of the molecule is CC1(C)c2ccccc2-c2ccc(N(c3ccc(-c4ccc5c(c4)C4(c6ccccc6-5)c5ccc6ccccc6c5Oc5c4ccc4ccccc54)cc3)c3ccc(-c4cccc5c4oc4ccccc45)cc3)cc21. The predicted octanol–water partition coefficient (Wildman–Crippen LogP) is 19.5. The summed E-state index contributed by atoms with van der Waals surface area (Å²) in [5.74, 6) is 1.85. The van der Waals surface area contributed by atoms with Gasteiger partial charge in [-0.15, -0.1) is 0 Å². The topological polar surface area (TPSA) is 25.6 Å². The summed E-state index contributed by atoms with van der Waals surface area (Å²) in [5.41, 5.74) is 21.5. The maximum Gasteiger partial charge on any atom is 0.143 e. The number of hydrogen-bond acceptors (Lipinski definition) is 3. The van der Waals surface area contributed by atoms with E-state index in [0.29, 0.717) is 0 Å². The number of furan rings is 1. The van der Waals surface area contributed by atoms with Crippen molar-refractivity contribution in [3.05, 3.63) is 282 Å². The number of para-hydroxylation sites is 2. The third-order valence-electron chi connectivity index (χ3n) is 16.9. The van der Waals surface area contributed by atoms with Crippen LogP contribution in [-0.2, 0) is 10.8 Å². The van der Waals surface area contributed by atoms with Gasteiger partial charge in [-0.3, -0.25) is 0 Å². The van der Waals surface area contributed by atoms with E-state index in [1.54, 1.807) is 0 Å². The van der Waals surface area contributed by atoms with E-state index in [1.165, 1.54) is 55.6 Å². The van der Waals surface area contributed by atoms with Gasteiger partial charge in [0.1, 0.15) is 22.7 Å². The van der Waals surface area contributed by atoms with Gasteiger partial charge in [0.05, 0.1) is 5.41 Å². The highest BCUT2D eigenvalue weighted by molar-refractivity contribution is 6.10. The first-order chi connectivity index (χ1) is 36.9. The molecule has 1 aromatic heterocycles. The van der Waals surface area contributed by atoms with Crippen LogP contribution in [0.15, 0.2) is 253 Å². The van der Waals surface area contributed by atoms with E-state index in [2.05, 4.69) is 261 Å². The molecule has 1 spiro atoms. The van der Waals surface area contributed by atoms with Crippen molar-refractivity contribution in [2.45, 2.75) is 24.7 Å². The minimum atomic E-state index is -0.626. The molecule has 0 saturated heterocycles. The van der Waals surface area contributed by atoms with Crippen LogP contribution < -0.4 is 9.64 Å². The summed E-state index contributed by atoms with van der Waals surface area (Å²) in [6, 6.07) is 91.5. The Bertz CT molecular complexity index is 4450. The van der Waals surface area contributed by atoms with Crippen molar-refractivity contribution in [2.24, 2.45) is 0 Å². The van der Waals surface area contributed by atoms with Gasteiger partial charge in [-0.2, -0.15) is 0 Å². The van der Waals surface area contributed by atoms with Gasteiger partial charge in [0, 0.05) is 60.7 Å². The van der Waals surface area contributed by atoms with Gasteiger partial charge in [-0.1, -0.05) is 214 Å². The third kappa shape index (κ3) is 5.87. The molecule has 3 aliphatic rings. The summed E-state index contributed by atoms with van der Waals surface area (Å²) in [6.45, 7) is 4.71. The first kappa shape index (κ1) is 42.1. The van der Waals surface area contributed by atoms with Crippen LogP contribution in [0.2, 0.25) is 0 Å². The molecular weight excluding hydrogens is 911 g/mol. The Morgan fingerprint density at radius 1 is 0.320 bits per heavy atom. The maximum absolute atomic E-state index is 7.24. The number of fused-ring (bicyclic) bond motifs is 19. The van der Waals surface area contributed by atoms with Crippen LogP contribution in [-0.4, -0.2) is 0 Å². The molecule has 0 amide bonds. The quantitative estimate of drug-likeness (QED) is 0.172. The van der Waals surface area contributed by atoms with Crippen LogP contribution in [0.25, 0.3) is 88.0 Å². The highest BCUT2D eigenvalue weighted by Crippen LogP contribution is 2.64. The number of nitrogens with zero attached hydrogens (tertiary/aromatic N) is 1. The molecule has 2 aliphatic carbocycles. The molecule has 3 nitrogen and oxygen atoms in total. The molecule has 2 heterocycles. The normalized spacial score (nSPS) is 14.1. The lowest BCUT2D eigenvalue weighted by Gasteiger charge is -2.40. The van der Waals surface area contributed by atoms with Crippen molar-refractivity contribution >= 4 is 60.5 Å². The molecule has 0 N–H and O–H groups in total. The lowest BCUT2D eigenvalue weighted by molar-refractivity contribution is 0.447. The zero-order chi connectivity index (χ0) is 49.6. The molecule has 3 heteroatoms. The van der Waals surface area contributed by atoms with Crippen LogP contribution in [0.4, 0.5) is 17.1 Å². The second kappa shape index (κ2) is 15.5. The number of rotatable bonds is 5. The predicted molar refractivity (Wildman–Crippen MR) is 309 cm³/mol. The van der Waals surface area contributed by atoms with E-state index in [-0.39, 0.29) is 5.41 Å².